The monoisotopic (exact) mass is 513 g/mol. The van der Waals surface area contributed by atoms with Gasteiger partial charge in [-0.1, -0.05) is 41.1 Å². The number of pyridine rings is 1. The van der Waals surface area contributed by atoms with Gasteiger partial charge in [-0.2, -0.15) is 0 Å². The normalized spacial score (nSPS) is 11.0. The Morgan fingerprint density at radius 1 is 1.00 bits per heavy atom. The van der Waals surface area contributed by atoms with Crippen LogP contribution in [0.15, 0.2) is 47.3 Å². The van der Waals surface area contributed by atoms with Crippen molar-refractivity contribution >= 4 is 22.9 Å². The fourth-order valence-corrected chi connectivity index (χ4v) is 4.76. The van der Waals surface area contributed by atoms with E-state index < -0.39 is 5.56 Å². The Labute approximate surface area is 211 Å². The van der Waals surface area contributed by atoms with Crippen molar-refractivity contribution in [2.75, 3.05) is 20.8 Å². The molecule has 0 spiro atoms. The number of aromatic hydroxyl groups is 1. The molecule has 0 aliphatic heterocycles. The maximum atomic E-state index is 13.1. The van der Waals surface area contributed by atoms with Gasteiger partial charge in [0.15, 0.2) is 5.01 Å². The van der Waals surface area contributed by atoms with E-state index in [4.69, 9.17) is 25.8 Å². The van der Waals surface area contributed by atoms with Crippen molar-refractivity contribution in [2.24, 2.45) is 0 Å². The molecule has 0 amide bonds. The fourth-order valence-electron chi connectivity index (χ4n) is 3.72. The van der Waals surface area contributed by atoms with Crippen LogP contribution < -0.4 is 15.0 Å². The van der Waals surface area contributed by atoms with Crippen LogP contribution in [0.3, 0.4) is 0 Å². The molecule has 8 nitrogen and oxygen atoms in total. The third-order valence-electron chi connectivity index (χ3n) is 5.34. The Bertz CT molecular complexity index is 1360. The highest BCUT2D eigenvalue weighted by atomic mass is 35.5. The average molecular weight is 514 g/mol. The van der Waals surface area contributed by atoms with Crippen molar-refractivity contribution in [1.29, 1.82) is 0 Å². The van der Waals surface area contributed by atoms with E-state index >= 15 is 0 Å². The summed E-state index contributed by atoms with van der Waals surface area (Å²) in [6, 6.07) is 12.7. The van der Waals surface area contributed by atoms with Crippen molar-refractivity contribution in [3.05, 3.63) is 74.1 Å². The Kier molecular flexibility index (Phi) is 7.70. The molecule has 35 heavy (non-hydrogen) atoms. The topological polar surface area (TPSA) is 107 Å². The van der Waals surface area contributed by atoms with Gasteiger partial charge in [0, 0.05) is 18.1 Å². The number of aromatic amines is 1. The van der Waals surface area contributed by atoms with Gasteiger partial charge < -0.3 is 24.3 Å². The van der Waals surface area contributed by atoms with Crippen molar-refractivity contribution in [3.8, 4) is 38.9 Å². The zero-order valence-electron chi connectivity index (χ0n) is 19.4. The smallest absolute Gasteiger partial charge is 0.262 e. The number of benzene rings is 2. The van der Waals surface area contributed by atoms with Crippen LogP contribution in [0.1, 0.15) is 23.2 Å². The first-order valence-electron chi connectivity index (χ1n) is 10.8. The summed E-state index contributed by atoms with van der Waals surface area (Å²) in [5.41, 5.74) is 1.76. The van der Waals surface area contributed by atoms with Crippen molar-refractivity contribution in [2.45, 2.75) is 20.0 Å². The summed E-state index contributed by atoms with van der Waals surface area (Å²) in [4.78, 5) is 16.0. The van der Waals surface area contributed by atoms with Crippen molar-refractivity contribution in [3.63, 3.8) is 0 Å². The summed E-state index contributed by atoms with van der Waals surface area (Å²) >= 11 is 7.20. The number of rotatable bonds is 9. The number of ether oxygens (including phenoxy) is 3. The highest BCUT2D eigenvalue weighted by Crippen LogP contribution is 2.46. The molecular weight excluding hydrogens is 490 g/mol. The molecule has 4 aromatic rings. The first kappa shape index (κ1) is 24.7. The maximum Gasteiger partial charge on any atom is 0.262 e. The van der Waals surface area contributed by atoms with Gasteiger partial charge in [0.2, 0.25) is 0 Å². The lowest BCUT2D eigenvalue weighted by Crippen LogP contribution is -2.15. The second-order valence-electron chi connectivity index (χ2n) is 7.51. The number of H-pyrrole nitrogens is 1. The molecule has 0 atom stereocenters. The zero-order chi connectivity index (χ0) is 24.9. The molecule has 2 aromatic carbocycles. The zero-order valence-corrected chi connectivity index (χ0v) is 21.0. The SMILES string of the molecule is CCOCc1[nH]c(=O)c(-c2nnc(Cc3ccc(Cl)cc3)s2)c(O)c1-c1c(OC)cccc1OC. The number of methoxy groups -OCH3 is 2. The second-order valence-corrected chi connectivity index (χ2v) is 9.01. The van der Waals surface area contributed by atoms with Crippen LogP contribution in [-0.2, 0) is 17.8 Å². The molecule has 2 N–H and O–H groups in total. The van der Waals surface area contributed by atoms with Gasteiger partial charge in [0.1, 0.15) is 27.8 Å². The molecule has 0 aliphatic rings. The van der Waals surface area contributed by atoms with Gasteiger partial charge in [0.25, 0.3) is 5.56 Å². The lowest BCUT2D eigenvalue weighted by atomic mass is 9.98. The van der Waals surface area contributed by atoms with E-state index in [0.29, 0.717) is 56.4 Å². The molecule has 0 bridgehead atoms. The van der Waals surface area contributed by atoms with Gasteiger partial charge in [0.05, 0.1) is 37.6 Å². The maximum absolute atomic E-state index is 13.1. The molecule has 0 radical (unpaired) electrons. The van der Waals surface area contributed by atoms with Gasteiger partial charge in [-0.3, -0.25) is 4.79 Å². The van der Waals surface area contributed by atoms with E-state index in [2.05, 4.69) is 15.2 Å². The molecule has 0 saturated heterocycles. The van der Waals surface area contributed by atoms with E-state index in [1.165, 1.54) is 25.6 Å². The van der Waals surface area contributed by atoms with E-state index in [1.807, 2.05) is 19.1 Å². The Morgan fingerprint density at radius 2 is 1.69 bits per heavy atom. The second kappa shape index (κ2) is 10.9. The number of hydrogen-bond donors (Lipinski definition) is 2. The number of hydrogen-bond acceptors (Lipinski definition) is 8. The highest BCUT2D eigenvalue weighted by Gasteiger charge is 2.26. The molecule has 0 fully saturated rings. The van der Waals surface area contributed by atoms with E-state index in [1.54, 1.807) is 30.3 Å². The van der Waals surface area contributed by atoms with Crippen LogP contribution in [0.2, 0.25) is 5.02 Å². The van der Waals surface area contributed by atoms with E-state index in [9.17, 15) is 9.90 Å². The lowest BCUT2D eigenvalue weighted by Gasteiger charge is -2.18. The summed E-state index contributed by atoms with van der Waals surface area (Å²) in [6.07, 6.45) is 0.517. The Balaban J connectivity index is 1.86. The molecule has 4 rings (SSSR count). The highest BCUT2D eigenvalue weighted by molar-refractivity contribution is 7.14. The average Bonchev–Trinajstić information content (AvgIpc) is 3.31. The number of nitrogens with zero attached hydrogens (tertiary/aromatic N) is 2. The third kappa shape index (κ3) is 5.17. The molecule has 182 valence electrons. The van der Waals surface area contributed by atoms with Gasteiger partial charge in [-0.05, 0) is 36.8 Å². The first-order chi connectivity index (χ1) is 17.0. The van der Waals surface area contributed by atoms with Crippen LogP contribution >= 0.6 is 22.9 Å². The van der Waals surface area contributed by atoms with Crippen LogP contribution in [0.25, 0.3) is 21.7 Å². The minimum atomic E-state index is -0.496. The molecule has 10 heteroatoms. The quantitative estimate of drug-likeness (QED) is 0.322. The van der Waals surface area contributed by atoms with E-state index in [0.717, 1.165) is 5.56 Å². The number of aromatic nitrogens is 3. The van der Waals surface area contributed by atoms with Gasteiger partial charge >= 0.3 is 0 Å². The summed E-state index contributed by atoms with van der Waals surface area (Å²) in [5, 5.41) is 21.5. The number of halogens is 1. The number of nitrogens with one attached hydrogen (secondary N) is 1. The Morgan fingerprint density at radius 3 is 2.31 bits per heavy atom. The minimum Gasteiger partial charge on any atom is -0.506 e. The summed E-state index contributed by atoms with van der Waals surface area (Å²) < 4.78 is 16.7. The Hall–Kier alpha value is -3.40. The van der Waals surface area contributed by atoms with E-state index in [-0.39, 0.29) is 17.9 Å². The summed E-state index contributed by atoms with van der Waals surface area (Å²) in [5.74, 6) is 0.688. The standard InChI is InChI=1S/C25H24ClN3O5S/c1-4-34-13-16-20(21-17(32-2)6-5-7-18(21)33-3)23(30)22(24(31)27-16)25-29-28-19(35-25)12-14-8-10-15(26)11-9-14/h5-11H,4,12-13H2,1-3H3,(H2,27,30,31). The molecule has 0 unspecified atom stereocenters. The minimum absolute atomic E-state index is 0.0214. The predicted molar refractivity (Wildman–Crippen MR) is 136 cm³/mol. The first-order valence-corrected chi connectivity index (χ1v) is 12.0. The van der Waals surface area contributed by atoms with Gasteiger partial charge in [-0.15, -0.1) is 10.2 Å². The molecule has 0 saturated carbocycles. The van der Waals surface area contributed by atoms with Crippen LogP contribution in [0, 0.1) is 0 Å². The van der Waals surface area contributed by atoms with Crippen molar-refractivity contribution < 1.29 is 19.3 Å². The summed E-state index contributed by atoms with van der Waals surface area (Å²) in [7, 11) is 3.05. The summed E-state index contributed by atoms with van der Waals surface area (Å²) in [6.45, 7) is 2.35. The molecule has 2 heterocycles. The lowest BCUT2D eigenvalue weighted by molar-refractivity contribution is 0.131. The fraction of sp³-hybridized carbons (Fsp3) is 0.240. The van der Waals surface area contributed by atoms with Crippen LogP contribution in [0.5, 0.6) is 17.2 Å². The molecule has 2 aromatic heterocycles. The van der Waals surface area contributed by atoms with Gasteiger partial charge in [-0.25, -0.2) is 0 Å². The van der Waals surface area contributed by atoms with Crippen LogP contribution in [0.4, 0.5) is 0 Å². The van der Waals surface area contributed by atoms with Crippen molar-refractivity contribution in [1.82, 2.24) is 15.2 Å². The van der Waals surface area contributed by atoms with Crippen LogP contribution in [-0.4, -0.2) is 41.1 Å². The third-order valence-corrected chi connectivity index (χ3v) is 6.54. The molecular formula is C25H24ClN3O5S. The molecule has 0 aliphatic carbocycles. The largest absolute Gasteiger partial charge is 0.506 e. The predicted octanol–water partition coefficient (Wildman–Crippen LogP) is 5.06.